The molecule has 0 aromatic rings. The summed E-state index contributed by atoms with van der Waals surface area (Å²) in [6.07, 6.45) is 3.77. The van der Waals surface area contributed by atoms with E-state index in [-0.39, 0.29) is 18.5 Å². The minimum absolute atomic E-state index is 0.0805. The average Bonchev–Trinajstić information content (AvgIpc) is 2.29. The molecular formula is C11H25N3O2. The molecule has 0 aliphatic heterocycles. The Bertz CT molecular complexity index is 192. The van der Waals surface area contributed by atoms with Crippen LogP contribution in [0.25, 0.3) is 0 Å². The molecular weight excluding hydrogens is 206 g/mol. The Morgan fingerprint density at radius 1 is 1.38 bits per heavy atom. The molecule has 5 N–H and O–H groups in total. The van der Waals surface area contributed by atoms with Crippen molar-refractivity contribution in [2.75, 3.05) is 13.2 Å². The number of rotatable bonds is 9. The highest BCUT2D eigenvalue weighted by Gasteiger charge is 2.14. The monoisotopic (exact) mass is 231 g/mol. The van der Waals surface area contributed by atoms with Crippen LogP contribution in [0.15, 0.2) is 5.16 Å². The third-order valence-electron chi connectivity index (χ3n) is 2.77. The van der Waals surface area contributed by atoms with Crippen LogP contribution < -0.4 is 11.1 Å². The molecule has 0 saturated heterocycles. The first kappa shape index (κ1) is 15.2. The summed E-state index contributed by atoms with van der Waals surface area (Å²) < 4.78 is 0. The summed E-state index contributed by atoms with van der Waals surface area (Å²) >= 11 is 0. The zero-order valence-electron chi connectivity index (χ0n) is 10.3. The highest BCUT2D eigenvalue weighted by molar-refractivity contribution is 5.85. The molecule has 5 nitrogen and oxygen atoms in total. The van der Waals surface area contributed by atoms with Gasteiger partial charge in [0.15, 0.2) is 5.84 Å². The standard InChI is InChI=1S/C11H25N3O2/c1-3-5-9(6-7-15)8-13-10(4-2)11(12)14-16/h9-10,13,15-16H,3-8H2,1-2H3,(H2,12,14). The predicted octanol–water partition coefficient (Wildman–Crippen LogP) is 0.900. The van der Waals surface area contributed by atoms with Crippen LogP contribution in [0.1, 0.15) is 39.5 Å². The molecule has 0 aliphatic carbocycles. The molecule has 0 rings (SSSR count). The SMILES string of the molecule is CCCC(CCO)CNC(CC)C(N)=NO. The van der Waals surface area contributed by atoms with E-state index in [1.807, 2.05) is 6.92 Å². The number of aliphatic hydroxyl groups excluding tert-OH is 1. The zero-order chi connectivity index (χ0) is 12.4. The highest BCUT2D eigenvalue weighted by atomic mass is 16.4. The van der Waals surface area contributed by atoms with Gasteiger partial charge in [0.1, 0.15) is 0 Å². The molecule has 0 aromatic heterocycles. The maximum absolute atomic E-state index is 8.92. The van der Waals surface area contributed by atoms with E-state index in [4.69, 9.17) is 16.0 Å². The van der Waals surface area contributed by atoms with Gasteiger partial charge in [0.05, 0.1) is 6.04 Å². The fraction of sp³-hybridized carbons (Fsp3) is 0.909. The van der Waals surface area contributed by atoms with Crippen molar-refractivity contribution in [1.82, 2.24) is 5.32 Å². The molecule has 2 unspecified atom stereocenters. The van der Waals surface area contributed by atoms with E-state index in [0.717, 1.165) is 32.2 Å². The van der Waals surface area contributed by atoms with Gasteiger partial charge in [-0.1, -0.05) is 25.4 Å². The largest absolute Gasteiger partial charge is 0.409 e. The van der Waals surface area contributed by atoms with E-state index in [1.165, 1.54) is 0 Å². The van der Waals surface area contributed by atoms with Crippen molar-refractivity contribution in [1.29, 1.82) is 0 Å². The van der Waals surface area contributed by atoms with Crippen LogP contribution in [-0.2, 0) is 0 Å². The minimum Gasteiger partial charge on any atom is -0.409 e. The van der Waals surface area contributed by atoms with E-state index < -0.39 is 0 Å². The second-order valence-corrected chi connectivity index (χ2v) is 4.06. The van der Waals surface area contributed by atoms with Gasteiger partial charge < -0.3 is 21.4 Å². The van der Waals surface area contributed by atoms with Gasteiger partial charge in [-0.3, -0.25) is 0 Å². The quantitative estimate of drug-likeness (QED) is 0.205. The molecule has 0 aromatic carbocycles. The first-order valence-corrected chi connectivity index (χ1v) is 6.01. The van der Waals surface area contributed by atoms with Crippen LogP contribution in [0.3, 0.4) is 0 Å². The van der Waals surface area contributed by atoms with E-state index in [9.17, 15) is 0 Å². The van der Waals surface area contributed by atoms with Crippen molar-refractivity contribution < 1.29 is 10.3 Å². The van der Waals surface area contributed by atoms with Gasteiger partial charge in [-0.15, -0.1) is 0 Å². The van der Waals surface area contributed by atoms with Crippen LogP contribution in [0, 0.1) is 5.92 Å². The topological polar surface area (TPSA) is 90.9 Å². The van der Waals surface area contributed by atoms with E-state index in [1.54, 1.807) is 0 Å². The molecule has 2 atom stereocenters. The lowest BCUT2D eigenvalue weighted by Gasteiger charge is -2.20. The number of nitrogens with zero attached hydrogens (tertiary/aromatic N) is 1. The van der Waals surface area contributed by atoms with Crippen LogP contribution in [0.2, 0.25) is 0 Å². The van der Waals surface area contributed by atoms with Gasteiger partial charge in [0.2, 0.25) is 0 Å². The first-order valence-electron chi connectivity index (χ1n) is 6.01. The number of aliphatic hydroxyl groups is 1. The fourth-order valence-corrected chi connectivity index (χ4v) is 1.78. The number of hydrogen-bond donors (Lipinski definition) is 4. The number of nitrogens with one attached hydrogen (secondary N) is 1. The number of amidine groups is 1. The summed E-state index contributed by atoms with van der Waals surface area (Å²) in [6, 6.07) is -0.0805. The normalized spacial score (nSPS) is 16.1. The lowest BCUT2D eigenvalue weighted by Crippen LogP contribution is -2.43. The van der Waals surface area contributed by atoms with Crippen molar-refractivity contribution in [3.63, 3.8) is 0 Å². The molecule has 0 heterocycles. The molecule has 0 spiro atoms. The second kappa shape index (κ2) is 9.42. The van der Waals surface area contributed by atoms with Crippen LogP contribution in [0.5, 0.6) is 0 Å². The van der Waals surface area contributed by atoms with E-state index in [0.29, 0.717) is 5.92 Å². The van der Waals surface area contributed by atoms with Crippen molar-refractivity contribution in [3.8, 4) is 0 Å². The van der Waals surface area contributed by atoms with Crippen LogP contribution in [-0.4, -0.2) is 35.3 Å². The molecule has 0 amide bonds. The van der Waals surface area contributed by atoms with Crippen molar-refractivity contribution in [2.24, 2.45) is 16.8 Å². The number of oxime groups is 1. The van der Waals surface area contributed by atoms with Crippen LogP contribution in [0.4, 0.5) is 0 Å². The smallest absolute Gasteiger partial charge is 0.156 e. The van der Waals surface area contributed by atoms with E-state index >= 15 is 0 Å². The van der Waals surface area contributed by atoms with Gasteiger partial charge in [-0.2, -0.15) is 0 Å². The molecule has 16 heavy (non-hydrogen) atoms. The fourth-order valence-electron chi connectivity index (χ4n) is 1.78. The summed E-state index contributed by atoms with van der Waals surface area (Å²) in [5.41, 5.74) is 5.55. The van der Waals surface area contributed by atoms with Crippen LogP contribution >= 0.6 is 0 Å². The molecule has 5 heteroatoms. The second-order valence-electron chi connectivity index (χ2n) is 4.06. The maximum atomic E-state index is 8.92. The summed E-state index contributed by atoms with van der Waals surface area (Å²) in [5, 5.41) is 23.8. The predicted molar refractivity (Wildman–Crippen MR) is 65.6 cm³/mol. The van der Waals surface area contributed by atoms with Gasteiger partial charge in [0, 0.05) is 6.61 Å². The average molecular weight is 231 g/mol. The molecule has 0 radical (unpaired) electrons. The lowest BCUT2D eigenvalue weighted by atomic mass is 9.99. The Kier molecular flexibility index (Phi) is 8.94. The van der Waals surface area contributed by atoms with Gasteiger partial charge in [0.25, 0.3) is 0 Å². The molecule has 96 valence electrons. The first-order chi connectivity index (χ1) is 7.69. The minimum atomic E-state index is -0.0805. The summed E-state index contributed by atoms with van der Waals surface area (Å²) in [6.45, 7) is 5.12. The third-order valence-corrected chi connectivity index (χ3v) is 2.77. The lowest BCUT2D eigenvalue weighted by molar-refractivity contribution is 0.246. The maximum Gasteiger partial charge on any atom is 0.156 e. The Hall–Kier alpha value is -0.810. The van der Waals surface area contributed by atoms with Gasteiger partial charge in [-0.05, 0) is 31.7 Å². The molecule has 0 bridgehead atoms. The Morgan fingerprint density at radius 2 is 2.06 bits per heavy atom. The van der Waals surface area contributed by atoms with Gasteiger partial charge >= 0.3 is 0 Å². The van der Waals surface area contributed by atoms with Crippen molar-refractivity contribution in [2.45, 2.75) is 45.6 Å². The van der Waals surface area contributed by atoms with E-state index in [2.05, 4.69) is 17.4 Å². The molecule has 0 aliphatic rings. The Labute approximate surface area is 97.7 Å². The summed E-state index contributed by atoms with van der Waals surface area (Å²) in [4.78, 5) is 0. The zero-order valence-corrected chi connectivity index (χ0v) is 10.3. The summed E-state index contributed by atoms with van der Waals surface area (Å²) in [5.74, 6) is 0.678. The van der Waals surface area contributed by atoms with Crippen molar-refractivity contribution in [3.05, 3.63) is 0 Å². The molecule has 0 saturated carbocycles. The van der Waals surface area contributed by atoms with Crippen molar-refractivity contribution >= 4 is 5.84 Å². The third kappa shape index (κ3) is 5.92. The van der Waals surface area contributed by atoms with Gasteiger partial charge in [-0.25, -0.2) is 0 Å². The Morgan fingerprint density at radius 3 is 2.50 bits per heavy atom. The summed E-state index contributed by atoms with van der Waals surface area (Å²) in [7, 11) is 0. The Balaban J connectivity index is 4.05. The number of hydrogen-bond acceptors (Lipinski definition) is 4. The molecule has 0 fully saturated rings. The highest BCUT2D eigenvalue weighted by Crippen LogP contribution is 2.10. The number of nitrogens with two attached hydrogens (primary N) is 1.